The van der Waals surface area contributed by atoms with E-state index in [-0.39, 0.29) is 43.4 Å². The van der Waals surface area contributed by atoms with E-state index in [1.165, 1.54) is 31.2 Å². The highest BCUT2D eigenvalue weighted by atomic mass is 16.4. The fraction of sp³-hybridized carbons (Fsp3) is 0.542. The SMILES string of the molecule is CC(C)C(N)C(=O)NC(C(=O)NC(Cc1ccc(O)cc1)C(=O)NC(CCCN=C(N)N)C(=O)O)C(C)O. The molecule has 0 radical (unpaired) electrons. The maximum Gasteiger partial charge on any atom is 0.326 e. The molecular formula is C24H39N7O7. The molecule has 0 spiro atoms. The van der Waals surface area contributed by atoms with Gasteiger partial charge in [0.05, 0.1) is 12.1 Å². The topological polar surface area (TPSA) is 255 Å². The Hall–Kier alpha value is -3.91. The summed E-state index contributed by atoms with van der Waals surface area (Å²) in [4.78, 5) is 54.1. The number of aliphatic hydroxyl groups is 1. The van der Waals surface area contributed by atoms with Gasteiger partial charge in [0.25, 0.3) is 0 Å². The lowest BCUT2D eigenvalue weighted by Crippen LogP contribution is -2.60. The van der Waals surface area contributed by atoms with E-state index in [0.717, 1.165) is 0 Å². The average molecular weight is 538 g/mol. The summed E-state index contributed by atoms with van der Waals surface area (Å²) in [7, 11) is 0. The molecule has 0 fully saturated rings. The first-order valence-corrected chi connectivity index (χ1v) is 12.1. The highest BCUT2D eigenvalue weighted by Crippen LogP contribution is 2.12. The third-order valence-electron chi connectivity index (χ3n) is 5.65. The number of carbonyl (C=O) groups is 4. The summed E-state index contributed by atoms with van der Waals surface area (Å²) in [6.45, 7) is 4.88. The van der Waals surface area contributed by atoms with Gasteiger partial charge in [0.2, 0.25) is 17.7 Å². The lowest BCUT2D eigenvalue weighted by molar-refractivity contribution is -0.142. The minimum absolute atomic E-state index is 0.0103. The molecule has 1 aromatic rings. The van der Waals surface area contributed by atoms with E-state index in [4.69, 9.17) is 17.2 Å². The first kappa shape index (κ1) is 32.1. The summed E-state index contributed by atoms with van der Waals surface area (Å²) in [5.41, 5.74) is 16.9. The lowest BCUT2D eigenvalue weighted by Gasteiger charge is -2.27. The number of amides is 3. The number of carboxylic acid groups (broad SMARTS) is 1. The second-order valence-corrected chi connectivity index (χ2v) is 9.28. The van der Waals surface area contributed by atoms with Crippen LogP contribution in [0.25, 0.3) is 0 Å². The van der Waals surface area contributed by atoms with Crippen molar-refractivity contribution in [1.29, 1.82) is 0 Å². The van der Waals surface area contributed by atoms with E-state index in [1.54, 1.807) is 13.8 Å². The van der Waals surface area contributed by atoms with Crippen molar-refractivity contribution < 1.29 is 34.5 Å². The quantitative estimate of drug-likeness (QED) is 0.0668. The van der Waals surface area contributed by atoms with Crippen LogP contribution in [0.4, 0.5) is 0 Å². The number of aliphatic hydroxyl groups excluding tert-OH is 1. The zero-order valence-corrected chi connectivity index (χ0v) is 21.8. The summed E-state index contributed by atoms with van der Waals surface area (Å²) >= 11 is 0. The molecule has 0 aliphatic carbocycles. The number of hydrogen-bond donors (Lipinski definition) is 9. The summed E-state index contributed by atoms with van der Waals surface area (Å²) in [6, 6.07) is 0.885. The van der Waals surface area contributed by atoms with Crippen LogP contribution in [0.5, 0.6) is 5.75 Å². The lowest BCUT2D eigenvalue weighted by atomic mass is 10.0. The van der Waals surface area contributed by atoms with Gasteiger partial charge >= 0.3 is 5.97 Å². The van der Waals surface area contributed by atoms with Gasteiger partial charge < -0.3 is 48.5 Å². The highest BCUT2D eigenvalue weighted by Gasteiger charge is 2.33. The Balaban J connectivity index is 3.11. The number of carboxylic acids is 1. The number of phenols is 1. The standard InChI is InChI=1S/C24H39N7O7/c1-12(2)18(25)21(35)31-19(13(3)32)22(36)30-17(11-14-6-8-15(33)9-7-14)20(34)29-16(23(37)38)5-4-10-28-24(26)27/h6-9,12-13,16-19,32-33H,4-5,10-11,25H2,1-3H3,(H,29,34)(H,30,36)(H,31,35)(H,37,38)(H4,26,27,28). The number of aliphatic carboxylic acids is 1. The molecule has 12 N–H and O–H groups in total. The minimum atomic E-state index is -1.43. The zero-order chi connectivity index (χ0) is 29.0. The third-order valence-corrected chi connectivity index (χ3v) is 5.65. The van der Waals surface area contributed by atoms with Crippen molar-refractivity contribution in [1.82, 2.24) is 16.0 Å². The number of benzene rings is 1. The number of nitrogens with two attached hydrogens (primary N) is 3. The summed E-state index contributed by atoms with van der Waals surface area (Å²) in [5, 5.41) is 36.5. The molecule has 5 unspecified atom stereocenters. The Kier molecular flexibility index (Phi) is 13.0. The monoisotopic (exact) mass is 537 g/mol. The van der Waals surface area contributed by atoms with Gasteiger partial charge in [-0.25, -0.2) is 4.79 Å². The normalized spacial score (nSPS) is 14.9. The molecule has 0 aliphatic heterocycles. The predicted molar refractivity (Wildman–Crippen MR) is 140 cm³/mol. The molecule has 212 valence electrons. The van der Waals surface area contributed by atoms with Crippen LogP contribution < -0.4 is 33.2 Å². The first-order valence-electron chi connectivity index (χ1n) is 12.1. The number of phenolic OH excluding ortho intramolecular Hbond substituents is 1. The van der Waals surface area contributed by atoms with Crippen molar-refractivity contribution in [3.05, 3.63) is 29.8 Å². The van der Waals surface area contributed by atoms with E-state index in [2.05, 4.69) is 20.9 Å². The molecule has 0 aromatic heterocycles. The van der Waals surface area contributed by atoms with Crippen LogP contribution in [0.15, 0.2) is 29.3 Å². The van der Waals surface area contributed by atoms with Crippen LogP contribution in [0.3, 0.4) is 0 Å². The number of aromatic hydroxyl groups is 1. The van der Waals surface area contributed by atoms with Crippen LogP contribution in [0.2, 0.25) is 0 Å². The van der Waals surface area contributed by atoms with E-state index >= 15 is 0 Å². The van der Waals surface area contributed by atoms with Gasteiger partial charge in [-0.15, -0.1) is 0 Å². The smallest absolute Gasteiger partial charge is 0.326 e. The Bertz CT molecular complexity index is 979. The van der Waals surface area contributed by atoms with Crippen molar-refractivity contribution in [2.75, 3.05) is 6.54 Å². The Morgan fingerprint density at radius 2 is 1.50 bits per heavy atom. The van der Waals surface area contributed by atoms with Crippen LogP contribution in [-0.4, -0.2) is 81.8 Å². The molecule has 5 atom stereocenters. The van der Waals surface area contributed by atoms with E-state index in [9.17, 15) is 34.5 Å². The van der Waals surface area contributed by atoms with Crippen molar-refractivity contribution in [3.63, 3.8) is 0 Å². The first-order chi connectivity index (χ1) is 17.7. The molecule has 0 saturated heterocycles. The zero-order valence-electron chi connectivity index (χ0n) is 21.8. The molecule has 1 aromatic carbocycles. The van der Waals surface area contributed by atoms with Crippen molar-refractivity contribution in [2.45, 2.75) is 70.3 Å². The maximum absolute atomic E-state index is 13.1. The second-order valence-electron chi connectivity index (χ2n) is 9.28. The maximum atomic E-state index is 13.1. The molecule has 14 heteroatoms. The van der Waals surface area contributed by atoms with Gasteiger partial charge in [0, 0.05) is 13.0 Å². The van der Waals surface area contributed by atoms with Crippen LogP contribution in [0, 0.1) is 5.92 Å². The molecule has 1 rings (SSSR count). The van der Waals surface area contributed by atoms with Gasteiger partial charge in [-0.3, -0.25) is 19.4 Å². The second kappa shape index (κ2) is 15.4. The number of hydrogen-bond acceptors (Lipinski definition) is 8. The Morgan fingerprint density at radius 3 is 2.00 bits per heavy atom. The Morgan fingerprint density at radius 1 is 0.921 bits per heavy atom. The van der Waals surface area contributed by atoms with Crippen molar-refractivity contribution in [2.24, 2.45) is 28.1 Å². The summed E-state index contributed by atoms with van der Waals surface area (Å²) in [5.74, 6) is -4.03. The molecule has 0 heterocycles. The number of nitrogens with zero attached hydrogens (tertiary/aromatic N) is 1. The van der Waals surface area contributed by atoms with Gasteiger partial charge in [0.15, 0.2) is 5.96 Å². The number of rotatable bonds is 15. The number of carbonyl (C=O) groups excluding carboxylic acids is 3. The molecule has 0 saturated carbocycles. The largest absolute Gasteiger partial charge is 0.508 e. The van der Waals surface area contributed by atoms with Crippen molar-refractivity contribution in [3.8, 4) is 5.75 Å². The van der Waals surface area contributed by atoms with Gasteiger partial charge in [-0.05, 0) is 43.4 Å². The fourth-order valence-corrected chi connectivity index (χ4v) is 3.33. The Labute approximate surface area is 221 Å². The fourth-order valence-electron chi connectivity index (χ4n) is 3.33. The molecule has 3 amide bonds. The highest BCUT2D eigenvalue weighted by molar-refractivity contribution is 5.94. The summed E-state index contributed by atoms with van der Waals surface area (Å²) in [6.07, 6.45) is -1.14. The number of guanidine groups is 1. The van der Waals surface area contributed by atoms with E-state index in [0.29, 0.717) is 5.56 Å². The molecule has 0 bridgehead atoms. The minimum Gasteiger partial charge on any atom is -0.508 e. The third kappa shape index (κ3) is 11.0. The molecular weight excluding hydrogens is 498 g/mol. The van der Waals surface area contributed by atoms with Gasteiger partial charge in [-0.2, -0.15) is 0 Å². The van der Waals surface area contributed by atoms with Crippen LogP contribution in [0.1, 0.15) is 39.2 Å². The predicted octanol–water partition coefficient (Wildman–Crippen LogP) is -2.11. The molecule has 38 heavy (non-hydrogen) atoms. The van der Waals surface area contributed by atoms with E-state index < -0.39 is 54.0 Å². The number of nitrogens with one attached hydrogen (secondary N) is 3. The van der Waals surface area contributed by atoms with Crippen LogP contribution in [-0.2, 0) is 25.6 Å². The van der Waals surface area contributed by atoms with Crippen molar-refractivity contribution >= 4 is 29.7 Å². The van der Waals surface area contributed by atoms with E-state index in [1.807, 2.05) is 0 Å². The number of aliphatic imine (C=N–C) groups is 1. The summed E-state index contributed by atoms with van der Waals surface area (Å²) < 4.78 is 0. The van der Waals surface area contributed by atoms with Gasteiger partial charge in [-0.1, -0.05) is 26.0 Å². The molecule has 14 nitrogen and oxygen atoms in total. The average Bonchev–Trinajstić information content (AvgIpc) is 2.83. The van der Waals surface area contributed by atoms with Crippen LogP contribution >= 0.6 is 0 Å². The molecule has 0 aliphatic rings. The van der Waals surface area contributed by atoms with Gasteiger partial charge in [0.1, 0.15) is 23.9 Å².